The maximum absolute atomic E-state index is 12.7. The summed E-state index contributed by atoms with van der Waals surface area (Å²) in [5, 5.41) is 11.5. The number of carboxylic acid groups (broad SMARTS) is 1. The molecule has 20 heavy (non-hydrogen) atoms. The molecule has 2 unspecified atom stereocenters. The number of aromatic nitrogens is 1. The molecule has 6 heteroatoms. The number of pyridine rings is 1. The van der Waals surface area contributed by atoms with Gasteiger partial charge in [-0.1, -0.05) is 13.3 Å². The Bertz CT molecular complexity index is 462. The zero-order valence-electron chi connectivity index (χ0n) is 11.6. The molecule has 1 rings (SSSR count). The van der Waals surface area contributed by atoms with E-state index in [-0.39, 0.29) is 23.6 Å². The van der Waals surface area contributed by atoms with Gasteiger partial charge in [-0.3, -0.25) is 9.59 Å². The average Bonchev–Trinajstić information content (AvgIpc) is 2.39. The van der Waals surface area contributed by atoms with E-state index in [0.717, 1.165) is 6.20 Å². The molecule has 1 amide bonds. The van der Waals surface area contributed by atoms with E-state index in [4.69, 9.17) is 5.11 Å². The monoisotopic (exact) mass is 282 g/mol. The average molecular weight is 282 g/mol. The third kappa shape index (κ3) is 5.34. The van der Waals surface area contributed by atoms with Crippen molar-refractivity contribution in [2.24, 2.45) is 5.92 Å². The van der Waals surface area contributed by atoms with Crippen LogP contribution in [0.2, 0.25) is 0 Å². The molecule has 2 atom stereocenters. The van der Waals surface area contributed by atoms with Gasteiger partial charge in [0.1, 0.15) is 11.5 Å². The molecule has 5 nitrogen and oxygen atoms in total. The number of hydrogen-bond acceptors (Lipinski definition) is 3. The van der Waals surface area contributed by atoms with E-state index < -0.39 is 11.8 Å². The molecule has 0 aromatic carbocycles. The topological polar surface area (TPSA) is 79.3 Å². The lowest BCUT2D eigenvalue weighted by Crippen LogP contribution is -2.33. The van der Waals surface area contributed by atoms with Crippen molar-refractivity contribution in [3.05, 3.63) is 29.8 Å². The fraction of sp³-hybridized carbons (Fsp3) is 0.500. The van der Waals surface area contributed by atoms with Gasteiger partial charge in [0.2, 0.25) is 0 Å². The maximum atomic E-state index is 12.7. The van der Waals surface area contributed by atoms with Crippen molar-refractivity contribution >= 4 is 11.9 Å². The summed E-state index contributed by atoms with van der Waals surface area (Å²) in [6, 6.07) is 2.42. The molecule has 0 aliphatic heterocycles. The number of hydrogen-bond donors (Lipinski definition) is 2. The van der Waals surface area contributed by atoms with Gasteiger partial charge in [-0.25, -0.2) is 9.37 Å². The Balaban J connectivity index is 2.35. The number of carbonyl (C=O) groups excluding carboxylic acids is 1. The minimum atomic E-state index is -0.808. The molecule has 1 aromatic heterocycles. The standard InChI is InChI=1S/C14H19FN2O3/c1-9(14(19)20)4-3-5-10(2)17-13(18)12-7-6-11(15)8-16-12/h6-10H,3-5H2,1-2H3,(H,17,18)(H,19,20). The maximum Gasteiger partial charge on any atom is 0.306 e. The molecule has 0 saturated heterocycles. The second-order valence-corrected chi connectivity index (χ2v) is 4.91. The highest BCUT2D eigenvalue weighted by molar-refractivity contribution is 5.92. The molecule has 0 aliphatic carbocycles. The molecular formula is C14H19FN2O3. The van der Waals surface area contributed by atoms with Gasteiger partial charge in [-0.05, 0) is 31.9 Å². The van der Waals surface area contributed by atoms with Crippen LogP contribution in [0.3, 0.4) is 0 Å². The van der Waals surface area contributed by atoms with Crippen molar-refractivity contribution in [2.45, 2.75) is 39.2 Å². The van der Waals surface area contributed by atoms with Gasteiger partial charge >= 0.3 is 5.97 Å². The summed E-state index contributed by atoms with van der Waals surface area (Å²) in [7, 11) is 0. The molecule has 0 fully saturated rings. The number of halogens is 1. The zero-order valence-corrected chi connectivity index (χ0v) is 11.6. The first-order chi connectivity index (χ1) is 9.40. The molecule has 0 aliphatic rings. The van der Waals surface area contributed by atoms with Gasteiger partial charge in [0.05, 0.1) is 12.1 Å². The highest BCUT2D eigenvalue weighted by Gasteiger charge is 2.13. The van der Waals surface area contributed by atoms with E-state index in [0.29, 0.717) is 19.3 Å². The van der Waals surface area contributed by atoms with Crippen LogP contribution in [0, 0.1) is 11.7 Å². The molecule has 0 saturated carbocycles. The number of nitrogens with one attached hydrogen (secondary N) is 1. The predicted molar refractivity (Wildman–Crippen MR) is 71.8 cm³/mol. The Morgan fingerprint density at radius 1 is 1.35 bits per heavy atom. The second kappa shape index (κ2) is 7.57. The highest BCUT2D eigenvalue weighted by atomic mass is 19.1. The number of aliphatic carboxylic acids is 1. The van der Waals surface area contributed by atoms with Crippen molar-refractivity contribution in [1.82, 2.24) is 10.3 Å². The minimum Gasteiger partial charge on any atom is -0.481 e. The summed E-state index contributed by atoms with van der Waals surface area (Å²) >= 11 is 0. The number of nitrogens with zero attached hydrogens (tertiary/aromatic N) is 1. The number of carbonyl (C=O) groups is 2. The smallest absolute Gasteiger partial charge is 0.306 e. The van der Waals surface area contributed by atoms with Crippen LogP contribution in [0.1, 0.15) is 43.6 Å². The summed E-state index contributed by atoms with van der Waals surface area (Å²) in [6.45, 7) is 3.50. The SMILES string of the molecule is CC(CCCC(C)C(=O)O)NC(=O)c1ccc(F)cn1. The fourth-order valence-corrected chi connectivity index (χ4v) is 1.73. The number of rotatable bonds is 7. The van der Waals surface area contributed by atoms with Gasteiger partial charge < -0.3 is 10.4 Å². The Hall–Kier alpha value is -1.98. The molecular weight excluding hydrogens is 263 g/mol. The van der Waals surface area contributed by atoms with E-state index in [2.05, 4.69) is 10.3 Å². The van der Waals surface area contributed by atoms with Crippen LogP contribution in [0.15, 0.2) is 18.3 Å². The lowest BCUT2D eigenvalue weighted by atomic mass is 10.0. The van der Waals surface area contributed by atoms with Crippen LogP contribution in [-0.4, -0.2) is 28.0 Å². The Labute approximate surface area is 117 Å². The van der Waals surface area contributed by atoms with Crippen molar-refractivity contribution in [2.75, 3.05) is 0 Å². The van der Waals surface area contributed by atoms with Gasteiger partial charge in [0, 0.05) is 6.04 Å². The minimum absolute atomic E-state index is 0.0876. The summed E-state index contributed by atoms with van der Waals surface area (Å²) in [4.78, 5) is 26.1. The van der Waals surface area contributed by atoms with Crippen molar-refractivity contribution in [3.63, 3.8) is 0 Å². The quantitative estimate of drug-likeness (QED) is 0.803. The van der Waals surface area contributed by atoms with E-state index >= 15 is 0 Å². The zero-order chi connectivity index (χ0) is 15.1. The molecule has 0 radical (unpaired) electrons. The normalized spacial score (nSPS) is 13.6. The Kier molecular flexibility index (Phi) is 6.09. The van der Waals surface area contributed by atoms with Gasteiger partial charge in [-0.15, -0.1) is 0 Å². The van der Waals surface area contributed by atoms with E-state index in [9.17, 15) is 14.0 Å². The van der Waals surface area contributed by atoms with Gasteiger partial charge in [-0.2, -0.15) is 0 Å². The van der Waals surface area contributed by atoms with Crippen LogP contribution in [-0.2, 0) is 4.79 Å². The van der Waals surface area contributed by atoms with Gasteiger partial charge in [0.25, 0.3) is 5.91 Å². The van der Waals surface area contributed by atoms with Crippen molar-refractivity contribution in [1.29, 1.82) is 0 Å². The first kappa shape index (κ1) is 16.1. The fourth-order valence-electron chi connectivity index (χ4n) is 1.73. The van der Waals surface area contributed by atoms with E-state index in [1.807, 2.05) is 6.92 Å². The first-order valence-electron chi connectivity index (χ1n) is 6.55. The molecule has 110 valence electrons. The molecule has 0 spiro atoms. The number of amides is 1. The highest BCUT2D eigenvalue weighted by Crippen LogP contribution is 2.10. The Morgan fingerprint density at radius 3 is 2.60 bits per heavy atom. The molecule has 2 N–H and O–H groups in total. The molecule has 1 heterocycles. The van der Waals surface area contributed by atoms with Crippen molar-refractivity contribution < 1.29 is 19.1 Å². The summed E-state index contributed by atoms with van der Waals surface area (Å²) in [6.07, 6.45) is 2.97. The second-order valence-electron chi connectivity index (χ2n) is 4.91. The third-order valence-corrected chi connectivity index (χ3v) is 3.03. The van der Waals surface area contributed by atoms with Crippen molar-refractivity contribution in [3.8, 4) is 0 Å². The Morgan fingerprint density at radius 2 is 2.05 bits per heavy atom. The summed E-state index contributed by atoms with van der Waals surface area (Å²) in [5.41, 5.74) is 0.164. The van der Waals surface area contributed by atoms with Crippen LogP contribution in [0.25, 0.3) is 0 Å². The molecule has 1 aromatic rings. The van der Waals surface area contributed by atoms with Crippen LogP contribution < -0.4 is 5.32 Å². The third-order valence-electron chi connectivity index (χ3n) is 3.03. The van der Waals surface area contributed by atoms with E-state index in [1.165, 1.54) is 12.1 Å². The van der Waals surface area contributed by atoms with E-state index in [1.54, 1.807) is 6.92 Å². The first-order valence-corrected chi connectivity index (χ1v) is 6.55. The summed E-state index contributed by atoms with van der Waals surface area (Å²) < 4.78 is 12.7. The lowest BCUT2D eigenvalue weighted by Gasteiger charge is -2.14. The largest absolute Gasteiger partial charge is 0.481 e. The van der Waals surface area contributed by atoms with Gasteiger partial charge in [0.15, 0.2) is 0 Å². The van der Waals surface area contributed by atoms with Crippen LogP contribution >= 0.6 is 0 Å². The summed E-state index contributed by atoms with van der Waals surface area (Å²) in [5.74, 6) is -2.03. The van der Waals surface area contributed by atoms with Crippen LogP contribution in [0.5, 0.6) is 0 Å². The predicted octanol–water partition coefficient (Wildman–Crippen LogP) is 2.23. The molecule has 0 bridgehead atoms. The van der Waals surface area contributed by atoms with Crippen LogP contribution in [0.4, 0.5) is 4.39 Å². The number of carboxylic acids is 1. The lowest BCUT2D eigenvalue weighted by molar-refractivity contribution is -0.141.